The summed E-state index contributed by atoms with van der Waals surface area (Å²) in [6, 6.07) is 5.98. The molecule has 19 heavy (non-hydrogen) atoms. The third-order valence-corrected chi connectivity index (χ3v) is 2.26. The zero-order chi connectivity index (χ0) is 13.5. The van der Waals surface area contributed by atoms with Crippen LogP contribution in [0.25, 0.3) is 0 Å². The monoisotopic (exact) mass is 263 g/mol. The predicted octanol–water partition coefficient (Wildman–Crippen LogP) is 1.81. The highest BCUT2D eigenvalue weighted by Crippen LogP contribution is 2.14. The topological polar surface area (TPSA) is 72.0 Å². The fourth-order valence-corrected chi connectivity index (χ4v) is 1.38. The predicted molar refractivity (Wildman–Crippen MR) is 69.9 cm³/mol. The third-order valence-electron chi connectivity index (χ3n) is 2.26. The summed E-state index contributed by atoms with van der Waals surface area (Å²) in [5, 5.41) is 13.6. The van der Waals surface area contributed by atoms with E-state index in [2.05, 4.69) is 25.8 Å². The first-order valence-corrected chi connectivity index (χ1v) is 5.73. The molecule has 0 aliphatic carbocycles. The number of halogens is 1. The Bertz CT molecular complexity index is 520. The molecule has 0 unspecified atom stereocenters. The highest BCUT2D eigenvalue weighted by molar-refractivity contribution is 5.55. The first-order chi connectivity index (χ1) is 9.28. The van der Waals surface area contributed by atoms with Crippen LogP contribution in [-0.4, -0.2) is 35.4 Å². The van der Waals surface area contributed by atoms with Gasteiger partial charge in [-0.3, -0.25) is 0 Å². The van der Waals surface area contributed by atoms with Crippen LogP contribution in [0, 0.1) is 5.82 Å². The maximum Gasteiger partial charge on any atom is 0.244 e. The van der Waals surface area contributed by atoms with Crippen molar-refractivity contribution in [3.63, 3.8) is 0 Å². The van der Waals surface area contributed by atoms with Crippen LogP contribution in [0.4, 0.5) is 21.8 Å². The van der Waals surface area contributed by atoms with Crippen molar-refractivity contribution in [1.29, 1.82) is 0 Å². The lowest BCUT2D eigenvalue weighted by Crippen LogP contribution is -2.11. The Morgan fingerprint density at radius 3 is 2.79 bits per heavy atom. The van der Waals surface area contributed by atoms with Gasteiger partial charge in [-0.2, -0.15) is 10.1 Å². The molecule has 0 aliphatic rings. The van der Waals surface area contributed by atoms with E-state index in [1.54, 1.807) is 19.2 Å². The number of hydrogen-bond donors (Lipinski definition) is 2. The second-order valence-corrected chi connectivity index (χ2v) is 3.72. The van der Waals surface area contributed by atoms with Gasteiger partial charge >= 0.3 is 0 Å². The minimum absolute atomic E-state index is 0.284. The molecule has 0 bridgehead atoms. The number of methoxy groups -OCH3 is 1. The SMILES string of the molecule is COCCNc1nncc(Nc2ccc(F)cc2)n1. The minimum Gasteiger partial charge on any atom is -0.383 e. The number of nitrogens with one attached hydrogen (secondary N) is 2. The normalized spacial score (nSPS) is 10.2. The van der Waals surface area contributed by atoms with Crippen molar-refractivity contribution in [2.75, 3.05) is 30.9 Å². The maximum atomic E-state index is 12.8. The Morgan fingerprint density at radius 2 is 2.05 bits per heavy atom. The molecule has 7 heteroatoms. The first kappa shape index (κ1) is 13.2. The fraction of sp³-hybridized carbons (Fsp3) is 0.250. The van der Waals surface area contributed by atoms with Crippen LogP contribution >= 0.6 is 0 Å². The Morgan fingerprint density at radius 1 is 1.26 bits per heavy atom. The largest absolute Gasteiger partial charge is 0.383 e. The van der Waals surface area contributed by atoms with Crippen LogP contribution in [0.1, 0.15) is 0 Å². The number of ether oxygens (including phenoxy) is 1. The summed E-state index contributed by atoms with van der Waals surface area (Å²) in [6.45, 7) is 1.15. The quantitative estimate of drug-likeness (QED) is 0.774. The number of benzene rings is 1. The molecule has 1 aromatic heterocycles. The smallest absolute Gasteiger partial charge is 0.244 e. The molecule has 0 fully saturated rings. The first-order valence-electron chi connectivity index (χ1n) is 5.73. The maximum absolute atomic E-state index is 12.8. The summed E-state index contributed by atoms with van der Waals surface area (Å²) in [7, 11) is 1.62. The van der Waals surface area contributed by atoms with Crippen LogP contribution in [0.2, 0.25) is 0 Å². The van der Waals surface area contributed by atoms with Gasteiger partial charge in [0.1, 0.15) is 5.82 Å². The van der Waals surface area contributed by atoms with Crippen LogP contribution in [-0.2, 0) is 4.74 Å². The molecule has 2 N–H and O–H groups in total. The highest BCUT2D eigenvalue weighted by atomic mass is 19.1. The number of aromatic nitrogens is 3. The molecule has 2 aromatic rings. The molecule has 2 rings (SSSR count). The summed E-state index contributed by atoms with van der Waals surface area (Å²) >= 11 is 0. The highest BCUT2D eigenvalue weighted by Gasteiger charge is 2.01. The van der Waals surface area contributed by atoms with Crippen molar-refractivity contribution in [2.45, 2.75) is 0 Å². The van der Waals surface area contributed by atoms with Crippen molar-refractivity contribution in [2.24, 2.45) is 0 Å². The number of rotatable bonds is 6. The lowest BCUT2D eigenvalue weighted by molar-refractivity contribution is 0.210. The van der Waals surface area contributed by atoms with Gasteiger partial charge in [-0.15, -0.1) is 5.10 Å². The van der Waals surface area contributed by atoms with Crippen LogP contribution < -0.4 is 10.6 Å². The number of anilines is 3. The van der Waals surface area contributed by atoms with Gasteiger partial charge in [0.25, 0.3) is 0 Å². The lowest BCUT2D eigenvalue weighted by atomic mass is 10.3. The van der Waals surface area contributed by atoms with E-state index in [4.69, 9.17) is 4.74 Å². The average Bonchev–Trinajstić information content (AvgIpc) is 2.42. The van der Waals surface area contributed by atoms with Crippen LogP contribution in [0.5, 0.6) is 0 Å². The van der Waals surface area contributed by atoms with Crippen molar-refractivity contribution in [1.82, 2.24) is 15.2 Å². The Hall–Kier alpha value is -2.28. The van der Waals surface area contributed by atoms with Crippen LogP contribution in [0.3, 0.4) is 0 Å². The molecule has 1 aromatic carbocycles. The second-order valence-electron chi connectivity index (χ2n) is 3.72. The summed E-state index contributed by atoms with van der Waals surface area (Å²) in [4.78, 5) is 4.22. The van der Waals surface area contributed by atoms with Crippen molar-refractivity contribution in [3.05, 3.63) is 36.3 Å². The summed E-state index contributed by atoms with van der Waals surface area (Å²) in [6.07, 6.45) is 1.49. The lowest BCUT2D eigenvalue weighted by Gasteiger charge is -2.07. The second kappa shape index (κ2) is 6.60. The van der Waals surface area contributed by atoms with Gasteiger partial charge in [0.05, 0.1) is 12.8 Å². The van der Waals surface area contributed by atoms with Gasteiger partial charge in [0, 0.05) is 19.3 Å². The van der Waals surface area contributed by atoms with E-state index in [0.717, 1.165) is 5.69 Å². The van der Waals surface area contributed by atoms with Gasteiger partial charge < -0.3 is 15.4 Å². The molecule has 1 heterocycles. The number of nitrogens with zero attached hydrogens (tertiary/aromatic N) is 3. The Balaban J connectivity index is 2.00. The van der Waals surface area contributed by atoms with Gasteiger partial charge in [-0.25, -0.2) is 4.39 Å². The van der Waals surface area contributed by atoms with Crippen molar-refractivity contribution in [3.8, 4) is 0 Å². The standard InChI is InChI=1S/C12H14FN5O/c1-19-7-6-14-12-17-11(8-15-18-12)16-10-4-2-9(13)3-5-10/h2-5,8H,6-7H2,1H3,(H2,14,16,17,18). The molecule has 0 aliphatic heterocycles. The molecule has 0 spiro atoms. The molecule has 6 nitrogen and oxygen atoms in total. The molecule has 0 saturated carbocycles. The van der Waals surface area contributed by atoms with Gasteiger partial charge in [0.2, 0.25) is 5.95 Å². The van der Waals surface area contributed by atoms with Crippen LogP contribution in [0.15, 0.2) is 30.5 Å². The van der Waals surface area contributed by atoms with E-state index in [9.17, 15) is 4.39 Å². The number of hydrogen-bond acceptors (Lipinski definition) is 6. The zero-order valence-corrected chi connectivity index (χ0v) is 10.4. The molecule has 0 radical (unpaired) electrons. The fourth-order valence-electron chi connectivity index (χ4n) is 1.38. The third kappa shape index (κ3) is 4.14. The molecule has 100 valence electrons. The van der Waals surface area contributed by atoms with E-state index in [-0.39, 0.29) is 5.82 Å². The van der Waals surface area contributed by atoms with Crippen molar-refractivity contribution >= 4 is 17.5 Å². The molecule has 0 atom stereocenters. The zero-order valence-electron chi connectivity index (χ0n) is 10.4. The minimum atomic E-state index is -0.284. The van der Waals surface area contributed by atoms with E-state index >= 15 is 0 Å². The summed E-state index contributed by atoms with van der Waals surface area (Å²) in [5.74, 6) is 0.652. The summed E-state index contributed by atoms with van der Waals surface area (Å²) in [5.41, 5.74) is 0.727. The Kier molecular flexibility index (Phi) is 4.57. The molecular formula is C12H14FN5O. The van der Waals surface area contributed by atoms with E-state index in [0.29, 0.717) is 24.9 Å². The van der Waals surface area contributed by atoms with Gasteiger partial charge in [-0.1, -0.05) is 0 Å². The van der Waals surface area contributed by atoms with Gasteiger partial charge in [-0.05, 0) is 24.3 Å². The Labute approximate surface area is 110 Å². The molecular weight excluding hydrogens is 249 g/mol. The van der Waals surface area contributed by atoms with E-state index in [1.165, 1.54) is 18.3 Å². The van der Waals surface area contributed by atoms with Crippen molar-refractivity contribution < 1.29 is 9.13 Å². The molecule has 0 saturated heterocycles. The van der Waals surface area contributed by atoms with Gasteiger partial charge in [0.15, 0.2) is 5.82 Å². The van der Waals surface area contributed by atoms with E-state index in [1.807, 2.05) is 0 Å². The van der Waals surface area contributed by atoms with E-state index < -0.39 is 0 Å². The summed E-state index contributed by atoms with van der Waals surface area (Å²) < 4.78 is 17.7. The molecule has 0 amide bonds. The average molecular weight is 263 g/mol.